The van der Waals surface area contributed by atoms with Crippen molar-refractivity contribution in [2.75, 3.05) is 26.2 Å². The number of carbonyl (C=O) groups excluding carboxylic acids is 2. The molecule has 0 unspecified atom stereocenters. The van der Waals surface area contributed by atoms with Gasteiger partial charge >= 0.3 is 0 Å². The maximum absolute atomic E-state index is 13.2. The molecule has 2 fully saturated rings. The summed E-state index contributed by atoms with van der Waals surface area (Å²) in [5, 5.41) is 2.03. The van der Waals surface area contributed by atoms with Gasteiger partial charge in [0.2, 0.25) is 0 Å². The normalized spacial score (nSPS) is 18.2. The van der Waals surface area contributed by atoms with Gasteiger partial charge in [-0.25, -0.2) is 0 Å². The number of likely N-dealkylation sites (tertiary alicyclic amines) is 2. The molecular weight excluding hydrogens is 324 g/mol. The predicted octanol–water partition coefficient (Wildman–Crippen LogP) is 4.09. The SMILES string of the molecule is O=C(c1cc2ccccc2cc1C(=O)N1CCCCC1)N1CCCCC1. The molecule has 0 aliphatic carbocycles. The van der Waals surface area contributed by atoms with E-state index in [-0.39, 0.29) is 11.8 Å². The maximum atomic E-state index is 13.2. The van der Waals surface area contributed by atoms with Crippen LogP contribution in [-0.4, -0.2) is 47.8 Å². The van der Waals surface area contributed by atoms with Crippen LogP contribution in [0.2, 0.25) is 0 Å². The molecule has 0 saturated carbocycles. The lowest BCUT2D eigenvalue weighted by Gasteiger charge is -2.30. The van der Waals surface area contributed by atoms with Gasteiger partial charge in [0.1, 0.15) is 0 Å². The number of carbonyl (C=O) groups is 2. The van der Waals surface area contributed by atoms with Crippen molar-refractivity contribution in [3.05, 3.63) is 47.5 Å². The van der Waals surface area contributed by atoms with E-state index in [1.807, 2.05) is 46.2 Å². The van der Waals surface area contributed by atoms with E-state index in [0.717, 1.165) is 62.6 Å². The average Bonchev–Trinajstić information content (AvgIpc) is 2.73. The number of rotatable bonds is 2. The van der Waals surface area contributed by atoms with E-state index in [9.17, 15) is 9.59 Å². The van der Waals surface area contributed by atoms with Crippen LogP contribution in [0.5, 0.6) is 0 Å². The summed E-state index contributed by atoms with van der Waals surface area (Å²) in [5.74, 6) is 0.0200. The first-order chi connectivity index (χ1) is 12.7. The van der Waals surface area contributed by atoms with Gasteiger partial charge in [-0.1, -0.05) is 24.3 Å². The minimum Gasteiger partial charge on any atom is -0.339 e. The molecule has 2 aliphatic rings. The van der Waals surface area contributed by atoms with Crippen LogP contribution in [0.15, 0.2) is 36.4 Å². The first-order valence-electron chi connectivity index (χ1n) is 9.85. The molecule has 0 aromatic heterocycles. The summed E-state index contributed by atoms with van der Waals surface area (Å²) in [6.45, 7) is 3.18. The standard InChI is InChI=1S/C22H26N2O2/c25-21(23-11-5-1-6-12-23)19-15-17-9-3-4-10-18(17)16-20(19)22(26)24-13-7-2-8-14-24/h3-4,9-10,15-16H,1-2,5-8,11-14H2. The van der Waals surface area contributed by atoms with Crippen LogP contribution in [0.4, 0.5) is 0 Å². The van der Waals surface area contributed by atoms with E-state index < -0.39 is 0 Å². The number of amides is 2. The van der Waals surface area contributed by atoms with Gasteiger partial charge in [0.05, 0.1) is 11.1 Å². The number of piperidine rings is 2. The Balaban J connectivity index is 1.75. The minimum absolute atomic E-state index is 0.0100. The third-order valence-electron chi connectivity index (χ3n) is 5.63. The molecule has 136 valence electrons. The fourth-order valence-corrected chi connectivity index (χ4v) is 4.13. The lowest BCUT2D eigenvalue weighted by molar-refractivity contribution is 0.0685. The summed E-state index contributed by atoms with van der Waals surface area (Å²) in [6, 6.07) is 11.8. The maximum Gasteiger partial charge on any atom is 0.254 e. The zero-order chi connectivity index (χ0) is 17.9. The predicted molar refractivity (Wildman–Crippen MR) is 103 cm³/mol. The number of benzene rings is 2. The lowest BCUT2D eigenvalue weighted by Crippen LogP contribution is -2.39. The van der Waals surface area contributed by atoms with E-state index in [0.29, 0.717) is 11.1 Å². The first kappa shape index (κ1) is 17.1. The number of nitrogens with zero attached hydrogens (tertiary/aromatic N) is 2. The Morgan fingerprint density at radius 2 is 1.00 bits per heavy atom. The van der Waals surface area contributed by atoms with Crippen LogP contribution in [-0.2, 0) is 0 Å². The number of hydrogen-bond donors (Lipinski definition) is 0. The fourth-order valence-electron chi connectivity index (χ4n) is 4.13. The second kappa shape index (κ2) is 7.48. The lowest BCUT2D eigenvalue weighted by atomic mass is 9.97. The van der Waals surface area contributed by atoms with Gasteiger partial charge in [-0.2, -0.15) is 0 Å². The summed E-state index contributed by atoms with van der Waals surface area (Å²) in [4.78, 5) is 30.2. The molecule has 2 saturated heterocycles. The molecule has 2 heterocycles. The zero-order valence-electron chi connectivity index (χ0n) is 15.2. The van der Waals surface area contributed by atoms with Gasteiger partial charge in [-0.05, 0) is 61.4 Å². The fraction of sp³-hybridized carbons (Fsp3) is 0.455. The topological polar surface area (TPSA) is 40.6 Å². The van der Waals surface area contributed by atoms with Gasteiger partial charge in [-0.15, -0.1) is 0 Å². The summed E-state index contributed by atoms with van der Waals surface area (Å²) in [7, 11) is 0. The highest BCUT2D eigenvalue weighted by Gasteiger charge is 2.27. The van der Waals surface area contributed by atoms with Crippen molar-refractivity contribution in [1.29, 1.82) is 0 Å². The third kappa shape index (κ3) is 3.33. The summed E-state index contributed by atoms with van der Waals surface area (Å²) >= 11 is 0. The van der Waals surface area contributed by atoms with Gasteiger partial charge < -0.3 is 9.80 Å². The highest BCUT2D eigenvalue weighted by atomic mass is 16.2. The van der Waals surface area contributed by atoms with E-state index in [2.05, 4.69) is 0 Å². The molecule has 4 rings (SSSR count). The molecular formula is C22H26N2O2. The third-order valence-corrected chi connectivity index (χ3v) is 5.63. The van der Waals surface area contributed by atoms with Crippen LogP contribution in [0.1, 0.15) is 59.2 Å². The molecule has 2 aromatic rings. The smallest absolute Gasteiger partial charge is 0.254 e. The first-order valence-corrected chi connectivity index (χ1v) is 9.85. The highest BCUT2D eigenvalue weighted by molar-refractivity contribution is 6.10. The number of fused-ring (bicyclic) bond motifs is 1. The zero-order valence-corrected chi connectivity index (χ0v) is 15.2. The average molecular weight is 350 g/mol. The second-order valence-electron chi connectivity index (χ2n) is 7.45. The van der Waals surface area contributed by atoms with Crippen LogP contribution in [0.3, 0.4) is 0 Å². The Kier molecular flexibility index (Phi) is 4.91. The van der Waals surface area contributed by atoms with Crippen LogP contribution in [0.25, 0.3) is 10.8 Å². The van der Waals surface area contributed by atoms with Crippen molar-refractivity contribution in [1.82, 2.24) is 9.80 Å². The van der Waals surface area contributed by atoms with Gasteiger partial charge in [-0.3, -0.25) is 9.59 Å². The highest BCUT2D eigenvalue weighted by Crippen LogP contribution is 2.25. The summed E-state index contributed by atoms with van der Waals surface area (Å²) in [6.07, 6.45) is 6.56. The quantitative estimate of drug-likeness (QED) is 0.818. The molecule has 0 N–H and O–H groups in total. The van der Waals surface area contributed by atoms with Crippen molar-refractivity contribution < 1.29 is 9.59 Å². The van der Waals surface area contributed by atoms with Gasteiger partial charge in [0.25, 0.3) is 11.8 Å². The van der Waals surface area contributed by atoms with Crippen molar-refractivity contribution >= 4 is 22.6 Å². The Morgan fingerprint density at radius 3 is 1.38 bits per heavy atom. The Labute approximate surface area is 154 Å². The molecule has 0 bridgehead atoms. The molecule has 2 aromatic carbocycles. The van der Waals surface area contributed by atoms with Crippen LogP contribution < -0.4 is 0 Å². The van der Waals surface area contributed by atoms with Gasteiger partial charge in [0, 0.05) is 26.2 Å². The van der Waals surface area contributed by atoms with Crippen molar-refractivity contribution in [2.24, 2.45) is 0 Å². The summed E-state index contributed by atoms with van der Waals surface area (Å²) in [5.41, 5.74) is 1.14. The minimum atomic E-state index is 0.0100. The van der Waals surface area contributed by atoms with Crippen LogP contribution in [0, 0.1) is 0 Å². The Hall–Kier alpha value is -2.36. The van der Waals surface area contributed by atoms with Crippen molar-refractivity contribution in [3.63, 3.8) is 0 Å². The molecule has 2 aliphatic heterocycles. The van der Waals surface area contributed by atoms with Crippen LogP contribution >= 0.6 is 0 Å². The van der Waals surface area contributed by atoms with Crippen molar-refractivity contribution in [3.8, 4) is 0 Å². The monoisotopic (exact) mass is 350 g/mol. The van der Waals surface area contributed by atoms with E-state index >= 15 is 0 Å². The largest absolute Gasteiger partial charge is 0.339 e. The van der Waals surface area contributed by atoms with E-state index in [1.165, 1.54) is 12.8 Å². The summed E-state index contributed by atoms with van der Waals surface area (Å²) < 4.78 is 0. The Morgan fingerprint density at radius 1 is 0.615 bits per heavy atom. The molecule has 4 heteroatoms. The number of hydrogen-bond acceptors (Lipinski definition) is 2. The molecule has 2 amide bonds. The molecule has 26 heavy (non-hydrogen) atoms. The second-order valence-corrected chi connectivity index (χ2v) is 7.45. The molecule has 0 atom stereocenters. The van der Waals surface area contributed by atoms with Crippen molar-refractivity contribution in [2.45, 2.75) is 38.5 Å². The molecule has 4 nitrogen and oxygen atoms in total. The molecule has 0 radical (unpaired) electrons. The van der Waals surface area contributed by atoms with E-state index in [4.69, 9.17) is 0 Å². The van der Waals surface area contributed by atoms with E-state index in [1.54, 1.807) is 0 Å². The van der Waals surface area contributed by atoms with Gasteiger partial charge in [0.15, 0.2) is 0 Å². The molecule has 0 spiro atoms. The Bertz CT molecular complexity index is 750.